The van der Waals surface area contributed by atoms with Crippen LogP contribution in [0.2, 0.25) is 0 Å². The second-order valence-electron chi connectivity index (χ2n) is 4.37. The molecular weight excluding hydrogens is 282 g/mol. The molecule has 1 heterocycles. The number of likely N-dealkylation sites (N-methyl/N-ethyl adjacent to an activating group) is 2. The molecule has 0 aliphatic carbocycles. The highest BCUT2D eigenvalue weighted by Crippen LogP contribution is 2.20. The quantitative estimate of drug-likeness (QED) is 0.904. The highest BCUT2D eigenvalue weighted by Gasteiger charge is 2.18. The average Bonchev–Trinajstić information content (AvgIpc) is 2.67. The minimum Gasteiger partial charge on any atom is -0.340 e. The van der Waals surface area contributed by atoms with Crippen LogP contribution >= 0.6 is 15.9 Å². The van der Waals surface area contributed by atoms with Gasteiger partial charge in [-0.1, -0.05) is 0 Å². The van der Waals surface area contributed by atoms with Crippen LogP contribution in [0.15, 0.2) is 16.7 Å². The van der Waals surface area contributed by atoms with Crippen molar-refractivity contribution < 1.29 is 4.79 Å². The largest absolute Gasteiger partial charge is 0.340 e. The molecule has 0 unspecified atom stereocenters. The average molecular weight is 302 g/mol. The second kappa shape index (κ2) is 6.21. The van der Waals surface area contributed by atoms with Gasteiger partial charge >= 0.3 is 0 Å². The Kier molecular flexibility index (Phi) is 5.21. The zero-order chi connectivity index (χ0) is 13.0. The number of aromatic nitrogens is 1. The molecule has 0 radical (unpaired) electrons. The number of nitrogens with one attached hydrogen (secondary N) is 1. The Hall–Kier alpha value is -0.810. The molecule has 0 fully saturated rings. The van der Waals surface area contributed by atoms with Crippen LogP contribution in [0.4, 0.5) is 0 Å². The Labute approximate surface area is 111 Å². The first-order valence-electron chi connectivity index (χ1n) is 5.74. The van der Waals surface area contributed by atoms with Crippen molar-refractivity contribution in [2.75, 3.05) is 27.2 Å². The minimum absolute atomic E-state index is 0.0552. The van der Waals surface area contributed by atoms with Crippen LogP contribution in [-0.4, -0.2) is 42.6 Å². The molecule has 0 aliphatic rings. The summed E-state index contributed by atoms with van der Waals surface area (Å²) in [4.78, 5) is 14.0. The smallest absolute Gasteiger partial charge is 0.270 e. The van der Waals surface area contributed by atoms with Gasteiger partial charge in [-0.05, 0) is 42.9 Å². The summed E-state index contributed by atoms with van der Waals surface area (Å²) in [5.41, 5.74) is 0.727. The number of nitrogens with zero attached hydrogens (tertiary/aromatic N) is 2. The summed E-state index contributed by atoms with van der Waals surface area (Å²) >= 11 is 3.42. The minimum atomic E-state index is 0.0552. The maximum atomic E-state index is 12.2. The van der Waals surface area contributed by atoms with Crippen molar-refractivity contribution in [3.05, 3.63) is 22.4 Å². The maximum absolute atomic E-state index is 12.2. The third kappa shape index (κ3) is 3.57. The first-order valence-corrected chi connectivity index (χ1v) is 6.54. The van der Waals surface area contributed by atoms with Crippen molar-refractivity contribution in [1.82, 2.24) is 14.8 Å². The van der Waals surface area contributed by atoms with Crippen LogP contribution in [-0.2, 0) is 0 Å². The van der Waals surface area contributed by atoms with Gasteiger partial charge < -0.3 is 14.8 Å². The van der Waals surface area contributed by atoms with E-state index in [9.17, 15) is 4.79 Å². The van der Waals surface area contributed by atoms with Crippen molar-refractivity contribution in [2.24, 2.45) is 0 Å². The fourth-order valence-corrected chi connectivity index (χ4v) is 2.06. The van der Waals surface area contributed by atoms with Crippen molar-refractivity contribution in [3.63, 3.8) is 0 Å². The van der Waals surface area contributed by atoms with E-state index in [1.54, 1.807) is 4.90 Å². The van der Waals surface area contributed by atoms with Crippen molar-refractivity contribution in [1.29, 1.82) is 0 Å². The maximum Gasteiger partial charge on any atom is 0.270 e. The second-order valence-corrected chi connectivity index (χ2v) is 5.29. The van der Waals surface area contributed by atoms with Crippen LogP contribution in [0.3, 0.4) is 0 Å². The van der Waals surface area contributed by atoms with Crippen LogP contribution in [0, 0.1) is 0 Å². The molecular formula is C12H20BrN3O. The third-order valence-corrected chi connectivity index (χ3v) is 3.07. The van der Waals surface area contributed by atoms with E-state index in [1.165, 1.54) is 0 Å². The van der Waals surface area contributed by atoms with Gasteiger partial charge in [-0.2, -0.15) is 0 Å². The third-order valence-electron chi connectivity index (χ3n) is 2.63. The van der Waals surface area contributed by atoms with E-state index in [4.69, 9.17) is 0 Å². The molecule has 1 rings (SSSR count). The lowest BCUT2D eigenvalue weighted by Gasteiger charge is -2.19. The van der Waals surface area contributed by atoms with E-state index in [0.29, 0.717) is 6.54 Å². The SMILES string of the molecule is CNCCN(C)C(=O)c1cc(Br)cn1C(C)C. The van der Waals surface area contributed by atoms with E-state index in [-0.39, 0.29) is 11.9 Å². The summed E-state index contributed by atoms with van der Waals surface area (Å²) in [7, 11) is 3.71. The number of carbonyl (C=O) groups is 1. The van der Waals surface area contributed by atoms with E-state index in [0.717, 1.165) is 16.7 Å². The fourth-order valence-electron chi connectivity index (χ4n) is 1.62. The Balaban J connectivity index is 2.87. The molecule has 0 aromatic carbocycles. The number of hydrogen-bond donors (Lipinski definition) is 1. The molecule has 1 aromatic heterocycles. The lowest BCUT2D eigenvalue weighted by Crippen LogP contribution is -2.34. The Morgan fingerprint density at radius 1 is 1.59 bits per heavy atom. The Morgan fingerprint density at radius 2 is 2.24 bits per heavy atom. The molecule has 4 nitrogen and oxygen atoms in total. The van der Waals surface area contributed by atoms with Gasteiger partial charge in [0.2, 0.25) is 0 Å². The summed E-state index contributed by atoms with van der Waals surface area (Å²) in [5, 5.41) is 3.04. The zero-order valence-corrected chi connectivity index (χ0v) is 12.4. The number of amides is 1. The van der Waals surface area contributed by atoms with Gasteiger partial charge in [-0.25, -0.2) is 0 Å². The molecule has 96 valence electrons. The highest BCUT2D eigenvalue weighted by molar-refractivity contribution is 9.10. The van der Waals surface area contributed by atoms with Gasteiger partial charge in [0.15, 0.2) is 0 Å². The number of halogens is 1. The van der Waals surface area contributed by atoms with E-state index < -0.39 is 0 Å². The zero-order valence-electron chi connectivity index (χ0n) is 10.8. The van der Waals surface area contributed by atoms with Crippen LogP contribution < -0.4 is 5.32 Å². The standard InChI is InChI=1S/C12H20BrN3O/c1-9(2)16-8-10(13)7-11(16)12(17)15(4)6-5-14-3/h7-9,14H,5-6H2,1-4H3. The van der Waals surface area contributed by atoms with Crippen LogP contribution in [0.1, 0.15) is 30.4 Å². The van der Waals surface area contributed by atoms with E-state index >= 15 is 0 Å². The van der Waals surface area contributed by atoms with Crippen molar-refractivity contribution in [3.8, 4) is 0 Å². The van der Waals surface area contributed by atoms with Gasteiger partial charge in [0, 0.05) is 36.8 Å². The van der Waals surface area contributed by atoms with Crippen LogP contribution in [0.5, 0.6) is 0 Å². The lowest BCUT2D eigenvalue weighted by atomic mass is 10.3. The summed E-state index contributed by atoms with van der Waals surface area (Å²) in [6.07, 6.45) is 1.95. The predicted molar refractivity (Wildman–Crippen MR) is 73.4 cm³/mol. The molecule has 17 heavy (non-hydrogen) atoms. The topological polar surface area (TPSA) is 37.3 Å². The molecule has 0 saturated carbocycles. The van der Waals surface area contributed by atoms with E-state index in [2.05, 4.69) is 35.1 Å². The van der Waals surface area contributed by atoms with Gasteiger partial charge in [-0.3, -0.25) is 4.79 Å². The molecule has 0 aliphatic heterocycles. The Morgan fingerprint density at radius 3 is 2.76 bits per heavy atom. The normalized spacial score (nSPS) is 10.9. The van der Waals surface area contributed by atoms with E-state index in [1.807, 2.05) is 30.9 Å². The highest BCUT2D eigenvalue weighted by atomic mass is 79.9. The number of carbonyl (C=O) groups excluding carboxylic acids is 1. The number of rotatable bonds is 5. The lowest BCUT2D eigenvalue weighted by molar-refractivity contribution is 0.0784. The summed E-state index contributed by atoms with van der Waals surface area (Å²) in [6.45, 7) is 5.63. The molecule has 0 saturated heterocycles. The molecule has 0 spiro atoms. The number of hydrogen-bond acceptors (Lipinski definition) is 2. The first-order chi connectivity index (χ1) is 7.97. The van der Waals surface area contributed by atoms with Crippen molar-refractivity contribution >= 4 is 21.8 Å². The monoisotopic (exact) mass is 301 g/mol. The van der Waals surface area contributed by atoms with Gasteiger partial charge in [0.25, 0.3) is 5.91 Å². The van der Waals surface area contributed by atoms with Crippen LogP contribution in [0.25, 0.3) is 0 Å². The van der Waals surface area contributed by atoms with Crippen molar-refractivity contribution in [2.45, 2.75) is 19.9 Å². The fraction of sp³-hybridized carbons (Fsp3) is 0.583. The molecule has 5 heteroatoms. The summed E-state index contributed by atoms with van der Waals surface area (Å²) < 4.78 is 2.93. The van der Waals surface area contributed by atoms with Gasteiger partial charge in [0.05, 0.1) is 0 Å². The van der Waals surface area contributed by atoms with Gasteiger partial charge in [-0.15, -0.1) is 0 Å². The predicted octanol–water partition coefficient (Wildman–Crippen LogP) is 2.12. The molecule has 1 amide bonds. The molecule has 1 N–H and O–H groups in total. The summed E-state index contributed by atoms with van der Waals surface area (Å²) in [6, 6.07) is 2.15. The molecule has 1 aromatic rings. The first kappa shape index (κ1) is 14.3. The summed E-state index contributed by atoms with van der Waals surface area (Å²) in [5.74, 6) is 0.0552. The molecule has 0 bridgehead atoms. The van der Waals surface area contributed by atoms with Gasteiger partial charge in [0.1, 0.15) is 5.69 Å². The molecule has 0 atom stereocenters. The Bertz CT molecular complexity index is 387.